The summed E-state index contributed by atoms with van der Waals surface area (Å²) in [5.74, 6) is 2.27. The summed E-state index contributed by atoms with van der Waals surface area (Å²) in [6.07, 6.45) is 0. The Morgan fingerprint density at radius 2 is 1.71 bits per heavy atom. The number of rotatable bonds is 7. The van der Waals surface area contributed by atoms with Crippen molar-refractivity contribution < 1.29 is 14.3 Å². The molecule has 1 aliphatic heterocycles. The van der Waals surface area contributed by atoms with Crippen molar-refractivity contribution in [3.05, 3.63) is 48.3 Å². The first-order valence-electron chi connectivity index (χ1n) is 10.4. The van der Waals surface area contributed by atoms with Crippen molar-refractivity contribution in [1.82, 2.24) is 19.4 Å². The molecule has 0 aliphatic carbocycles. The van der Waals surface area contributed by atoms with Crippen molar-refractivity contribution in [2.75, 3.05) is 52.3 Å². The molecular weight excluding hydrogens is 394 g/mol. The molecule has 0 saturated carbocycles. The summed E-state index contributed by atoms with van der Waals surface area (Å²) in [5, 5.41) is 2.95. The third kappa shape index (κ3) is 4.81. The number of ether oxygens (including phenoxy) is 2. The number of benzene rings is 2. The lowest BCUT2D eigenvalue weighted by Gasteiger charge is -2.34. The molecule has 1 fully saturated rings. The van der Waals surface area contributed by atoms with E-state index in [0.29, 0.717) is 23.7 Å². The molecule has 8 nitrogen and oxygen atoms in total. The van der Waals surface area contributed by atoms with Gasteiger partial charge in [-0.25, -0.2) is 4.98 Å². The number of piperazine rings is 1. The number of nitrogens with zero attached hydrogens (tertiary/aromatic N) is 4. The third-order valence-corrected chi connectivity index (χ3v) is 5.74. The molecule has 31 heavy (non-hydrogen) atoms. The van der Waals surface area contributed by atoms with E-state index >= 15 is 0 Å². The second-order valence-electron chi connectivity index (χ2n) is 7.75. The first-order valence-corrected chi connectivity index (χ1v) is 10.4. The predicted molar refractivity (Wildman–Crippen MR) is 121 cm³/mol. The highest BCUT2D eigenvalue weighted by atomic mass is 16.5. The Morgan fingerprint density at radius 1 is 1.00 bits per heavy atom. The van der Waals surface area contributed by atoms with Crippen LogP contribution in [0, 0.1) is 0 Å². The van der Waals surface area contributed by atoms with Crippen LogP contribution in [0.3, 0.4) is 0 Å². The molecule has 1 aromatic heterocycles. The lowest BCUT2D eigenvalue weighted by Crippen LogP contribution is -2.48. The van der Waals surface area contributed by atoms with E-state index in [2.05, 4.69) is 32.8 Å². The maximum Gasteiger partial charge on any atom is 0.238 e. The molecule has 1 N–H and O–H groups in total. The van der Waals surface area contributed by atoms with Crippen LogP contribution < -0.4 is 14.8 Å². The van der Waals surface area contributed by atoms with Crippen LogP contribution in [-0.2, 0) is 18.4 Å². The third-order valence-electron chi connectivity index (χ3n) is 5.74. The number of carbonyl (C=O) groups excluding carboxylic acids is 1. The molecule has 0 radical (unpaired) electrons. The molecule has 1 aliphatic rings. The molecule has 4 rings (SSSR count). The number of amides is 1. The predicted octanol–water partition coefficient (Wildman–Crippen LogP) is 2.35. The minimum atomic E-state index is -0.0315. The SMILES string of the molecule is COc1ccc(NC(=O)CN2CCN(Cc3nc4ccccc4n3C)CC2)cc1OC. The van der Waals surface area contributed by atoms with Crippen LogP contribution in [0.2, 0.25) is 0 Å². The molecule has 8 heteroatoms. The Morgan fingerprint density at radius 3 is 2.42 bits per heavy atom. The summed E-state index contributed by atoms with van der Waals surface area (Å²) < 4.78 is 12.7. The van der Waals surface area contributed by atoms with Gasteiger partial charge in [0.25, 0.3) is 0 Å². The zero-order valence-corrected chi connectivity index (χ0v) is 18.3. The van der Waals surface area contributed by atoms with Gasteiger partial charge >= 0.3 is 0 Å². The molecule has 0 spiro atoms. The van der Waals surface area contributed by atoms with Crippen molar-refractivity contribution in [3.8, 4) is 11.5 Å². The number of methoxy groups -OCH3 is 2. The summed E-state index contributed by atoms with van der Waals surface area (Å²) in [6, 6.07) is 13.6. The van der Waals surface area contributed by atoms with Gasteiger partial charge in [0.1, 0.15) is 5.82 Å². The van der Waals surface area contributed by atoms with Gasteiger partial charge in [0.15, 0.2) is 11.5 Å². The lowest BCUT2D eigenvalue weighted by molar-refractivity contribution is -0.117. The number of hydrogen-bond donors (Lipinski definition) is 1. The molecule has 2 heterocycles. The van der Waals surface area contributed by atoms with Gasteiger partial charge in [0.2, 0.25) is 5.91 Å². The fraction of sp³-hybridized carbons (Fsp3) is 0.391. The zero-order chi connectivity index (χ0) is 21.8. The smallest absolute Gasteiger partial charge is 0.238 e. The molecular formula is C23H29N5O3. The summed E-state index contributed by atoms with van der Waals surface area (Å²) in [5.41, 5.74) is 2.89. The summed E-state index contributed by atoms with van der Waals surface area (Å²) in [6.45, 7) is 4.71. The van der Waals surface area contributed by atoms with Crippen molar-refractivity contribution in [2.45, 2.75) is 6.54 Å². The van der Waals surface area contributed by atoms with Gasteiger partial charge in [0, 0.05) is 45.0 Å². The van der Waals surface area contributed by atoms with Crippen molar-refractivity contribution >= 4 is 22.6 Å². The van der Waals surface area contributed by atoms with Crippen LogP contribution in [-0.4, -0.2) is 72.2 Å². The van der Waals surface area contributed by atoms with E-state index in [0.717, 1.165) is 49.6 Å². The Bertz CT molecular complexity index is 1060. The summed E-state index contributed by atoms with van der Waals surface area (Å²) in [4.78, 5) is 21.8. The number of para-hydroxylation sites is 2. The van der Waals surface area contributed by atoms with Gasteiger partial charge in [-0.1, -0.05) is 12.1 Å². The van der Waals surface area contributed by atoms with E-state index in [-0.39, 0.29) is 5.91 Å². The number of fused-ring (bicyclic) bond motifs is 1. The van der Waals surface area contributed by atoms with Crippen molar-refractivity contribution in [2.24, 2.45) is 7.05 Å². The lowest BCUT2D eigenvalue weighted by atomic mass is 10.2. The van der Waals surface area contributed by atoms with E-state index in [1.807, 2.05) is 24.3 Å². The van der Waals surface area contributed by atoms with Crippen LogP contribution in [0.25, 0.3) is 11.0 Å². The summed E-state index contributed by atoms with van der Waals surface area (Å²) >= 11 is 0. The number of nitrogens with one attached hydrogen (secondary N) is 1. The maximum atomic E-state index is 12.5. The molecule has 0 unspecified atom stereocenters. The van der Waals surface area contributed by atoms with Gasteiger partial charge in [0.05, 0.1) is 38.3 Å². The fourth-order valence-electron chi connectivity index (χ4n) is 3.96. The number of carbonyl (C=O) groups is 1. The van der Waals surface area contributed by atoms with E-state index < -0.39 is 0 Å². The Hall–Kier alpha value is -3.10. The minimum Gasteiger partial charge on any atom is -0.493 e. The number of aryl methyl sites for hydroxylation is 1. The van der Waals surface area contributed by atoms with Gasteiger partial charge in [-0.3, -0.25) is 14.6 Å². The normalized spacial score (nSPS) is 15.2. The van der Waals surface area contributed by atoms with Crippen LogP contribution in [0.1, 0.15) is 5.82 Å². The van der Waals surface area contributed by atoms with E-state index in [1.54, 1.807) is 26.4 Å². The Balaban J connectivity index is 1.28. The quantitative estimate of drug-likeness (QED) is 0.629. The molecule has 0 bridgehead atoms. The minimum absolute atomic E-state index is 0.0315. The van der Waals surface area contributed by atoms with Crippen LogP contribution in [0.5, 0.6) is 11.5 Å². The highest BCUT2D eigenvalue weighted by molar-refractivity contribution is 5.92. The molecule has 1 amide bonds. The second-order valence-corrected chi connectivity index (χ2v) is 7.75. The largest absolute Gasteiger partial charge is 0.493 e. The second kappa shape index (κ2) is 9.36. The van der Waals surface area contributed by atoms with Gasteiger partial charge in [-0.05, 0) is 24.3 Å². The van der Waals surface area contributed by atoms with E-state index in [9.17, 15) is 4.79 Å². The number of aromatic nitrogens is 2. The number of imidazole rings is 1. The maximum absolute atomic E-state index is 12.5. The first-order chi connectivity index (χ1) is 15.1. The average molecular weight is 424 g/mol. The molecule has 2 aromatic carbocycles. The highest BCUT2D eigenvalue weighted by Crippen LogP contribution is 2.29. The average Bonchev–Trinajstić information content (AvgIpc) is 3.10. The topological polar surface area (TPSA) is 71.9 Å². The van der Waals surface area contributed by atoms with Gasteiger partial charge in [-0.2, -0.15) is 0 Å². The van der Waals surface area contributed by atoms with E-state index in [1.165, 1.54) is 0 Å². The van der Waals surface area contributed by atoms with Gasteiger partial charge < -0.3 is 19.4 Å². The van der Waals surface area contributed by atoms with Crippen molar-refractivity contribution in [1.29, 1.82) is 0 Å². The monoisotopic (exact) mass is 423 g/mol. The zero-order valence-electron chi connectivity index (χ0n) is 18.3. The van der Waals surface area contributed by atoms with Crippen molar-refractivity contribution in [3.63, 3.8) is 0 Å². The summed E-state index contributed by atoms with van der Waals surface area (Å²) in [7, 11) is 5.24. The van der Waals surface area contributed by atoms with Gasteiger partial charge in [-0.15, -0.1) is 0 Å². The van der Waals surface area contributed by atoms with Crippen LogP contribution in [0.15, 0.2) is 42.5 Å². The Labute approximate surface area is 182 Å². The van der Waals surface area contributed by atoms with Crippen LogP contribution >= 0.6 is 0 Å². The highest BCUT2D eigenvalue weighted by Gasteiger charge is 2.21. The Kier molecular flexibility index (Phi) is 6.39. The first kappa shape index (κ1) is 21.1. The molecule has 164 valence electrons. The fourth-order valence-corrected chi connectivity index (χ4v) is 3.96. The molecule has 0 atom stereocenters. The molecule has 1 saturated heterocycles. The molecule has 3 aromatic rings. The number of anilines is 1. The standard InChI is InChI=1S/C23H29N5O3/c1-26-19-7-5-4-6-18(19)25-22(26)15-27-10-12-28(13-11-27)16-23(29)24-17-8-9-20(30-2)21(14-17)31-3/h4-9,14H,10-13,15-16H2,1-3H3,(H,24,29). The number of hydrogen-bond acceptors (Lipinski definition) is 6. The van der Waals surface area contributed by atoms with E-state index in [4.69, 9.17) is 14.5 Å². The van der Waals surface area contributed by atoms with Crippen LogP contribution in [0.4, 0.5) is 5.69 Å².